The number of amidine groups is 1. The van der Waals surface area contributed by atoms with Gasteiger partial charge < -0.3 is 5.32 Å². The molecule has 1 atom stereocenters. The first-order chi connectivity index (χ1) is 13.6. The van der Waals surface area contributed by atoms with Crippen LogP contribution in [0.15, 0.2) is 77.8 Å². The van der Waals surface area contributed by atoms with E-state index in [1.165, 1.54) is 17.0 Å². The smallest absolute Gasteiger partial charge is 0.261 e. The van der Waals surface area contributed by atoms with Crippen LogP contribution < -0.4 is 10.2 Å². The number of ketones is 1. The molecule has 5 rings (SSSR count). The van der Waals surface area contributed by atoms with Crippen LogP contribution in [-0.2, 0) is 0 Å². The van der Waals surface area contributed by atoms with Crippen LogP contribution in [0.4, 0.5) is 15.8 Å². The van der Waals surface area contributed by atoms with Gasteiger partial charge in [-0.2, -0.15) is 0 Å². The van der Waals surface area contributed by atoms with Crippen molar-refractivity contribution in [2.45, 2.75) is 6.17 Å². The Bertz CT molecular complexity index is 1150. The summed E-state index contributed by atoms with van der Waals surface area (Å²) in [6.07, 6.45) is -0.972. The summed E-state index contributed by atoms with van der Waals surface area (Å²) >= 11 is 0. The van der Waals surface area contributed by atoms with E-state index in [0.717, 1.165) is 0 Å². The van der Waals surface area contributed by atoms with Crippen LogP contribution in [0.1, 0.15) is 26.3 Å². The molecule has 2 heterocycles. The predicted molar refractivity (Wildman–Crippen MR) is 104 cm³/mol. The lowest BCUT2D eigenvalue weighted by Crippen LogP contribution is -2.52. The number of carbonyl (C=O) groups is 2. The van der Waals surface area contributed by atoms with E-state index in [-0.39, 0.29) is 17.5 Å². The van der Waals surface area contributed by atoms with Gasteiger partial charge in [-0.25, -0.2) is 9.38 Å². The summed E-state index contributed by atoms with van der Waals surface area (Å²) in [6.45, 7) is 0. The van der Waals surface area contributed by atoms with Crippen LogP contribution >= 0.6 is 0 Å². The van der Waals surface area contributed by atoms with Crippen LogP contribution in [0.3, 0.4) is 0 Å². The molecule has 2 aliphatic rings. The Morgan fingerprint density at radius 2 is 1.46 bits per heavy atom. The Labute approximate surface area is 160 Å². The molecule has 1 N–H and O–H groups in total. The number of Topliss-reactive ketones (excluding diaryl/α,β-unsaturated/α-hetero) is 1. The number of fused-ring (bicyclic) bond motifs is 4. The molecular formula is C22H14FN3O2. The molecule has 2 aliphatic heterocycles. The fourth-order valence-corrected chi connectivity index (χ4v) is 3.58. The summed E-state index contributed by atoms with van der Waals surface area (Å²) < 4.78 is 13.2. The molecule has 3 aromatic rings. The second-order valence-electron chi connectivity index (χ2n) is 6.59. The fraction of sp³-hybridized carbons (Fsp3) is 0.0455. The molecule has 1 unspecified atom stereocenters. The zero-order chi connectivity index (χ0) is 19.3. The summed E-state index contributed by atoms with van der Waals surface area (Å²) in [7, 11) is 0. The molecule has 0 saturated heterocycles. The van der Waals surface area contributed by atoms with Crippen molar-refractivity contribution in [1.82, 2.24) is 0 Å². The molecule has 0 spiro atoms. The van der Waals surface area contributed by atoms with E-state index in [9.17, 15) is 14.0 Å². The maximum atomic E-state index is 13.2. The molecule has 3 aromatic carbocycles. The molecule has 0 aromatic heterocycles. The van der Waals surface area contributed by atoms with Gasteiger partial charge in [0.25, 0.3) is 5.91 Å². The van der Waals surface area contributed by atoms with Crippen LogP contribution in [-0.4, -0.2) is 23.7 Å². The number of nitrogens with zero attached hydrogens (tertiary/aromatic N) is 2. The molecule has 1 amide bonds. The molecule has 6 heteroatoms. The molecule has 0 bridgehead atoms. The third-order valence-electron chi connectivity index (χ3n) is 4.90. The van der Waals surface area contributed by atoms with Crippen LogP contribution in [0.5, 0.6) is 0 Å². The maximum absolute atomic E-state index is 13.2. The number of hydrogen-bond acceptors (Lipinski definition) is 4. The molecule has 28 heavy (non-hydrogen) atoms. The van der Waals surface area contributed by atoms with Gasteiger partial charge >= 0.3 is 0 Å². The first kappa shape index (κ1) is 16.4. The first-order valence-electron chi connectivity index (χ1n) is 8.80. The third kappa shape index (κ3) is 2.42. The number of benzene rings is 3. The van der Waals surface area contributed by atoms with E-state index in [2.05, 4.69) is 10.3 Å². The van der Waals surface area contributed by atoms with Crippen molar-refractivity contribution in [1.29, 1.82) is 0 Å². The second-order valence-corrected chi connectivity index (χ2v) is 6.59. The number of carbonyl (C=O) groups excluding carboxylic acids is 2. The summed E-state index contributed by atoms with van der Waals surface area (Å²) in [5.74, 6) is -0.364. The van der Waals surface area contributed by atoms with E-state index in [0.29, 0.717) is 33.9 Å². The predicted octanol–water partition coefficient (Wildman–Crippen LogP) is 3.87. The Morgan fingerprint density at radius 3 is 2.21 bits per heavy atom. The van der Waals surface area contributed by atoms with Gasteiger partial charge in [0.15, 0.2) is 6.17 Å². The largest absolute Gasteiger partial charge is 0.340 e. The highest BCUT2D eigenvalue weighted by Gasteiger charge is 2.43. The van der Waals surface area contributed by atoms with Gasteiger partial charge in [0, 0.05) is 16.8 Å². The average molecular weight is 371 g/mol. The SMILES string of the molecule is O=C1c2ccccc2C(=O)N2c3ccccc3C(Nc3ccc(F)cc3)=NC12. The molecule has 5 nitrogen and oxygen atoms in total. The van der Waals surface area contributed by atoms with Crippen molar-refractivity contribution >= 4 is 28.9 Å². The monoisotopic (exact) mass is 371 g/mol. The molecule has 0 fully saturated rings. The number of nitrogens with one attached hydrogen (secondary N) is 1. The zero-order valence-electron chi connectivity index (χ0n) is 14.6. The summed E-state index contributed by atoms with van der Waals surface area (Å²) in [6, 6.07) is 19.9. The summed E-state index contributed by atoms with van der Waals surface area (Å²) in [5, 5.41) is 3.15. The van der Waals surface area contributed by atoms with E-state index in [4.69, 9.17) is 0 Å². The van der Waals surface area contributed by atoms with Gasteiger partial charge in [-0.05, 0) is 42.5 Å². The van der Waals surface area contributed by atoms with E-state index >= 15 is 0 Å². The lowest BCUT2D eigenvalue weighted by Gasteiger charge is -2.37. The maximum Gasteiger partial charge on any atom is 0.261 e. The van der Waals surface area contributed by atoms with Crippen LogP contribution in [0.2, 0.25) is 0 Å². The van der Waals surface area contributed by atoms with E-state index in [1.54, 1.807) is 42.5 Å². The van der Waals surface area contributed by atoms with Crippen molar-refractivity contribution in [3.05, 3.63) is 95.3 Å². The molecular weight excluding hydrogens is 357 g/mol. The Hall–Kier alpha value is -3.80. The van der Waals surface area contributed by atoms with Crippen molar-refractivity contribution < 1.29 is 14.0 Å². The van der Waals surface area contributed by atoms with Gasteiger partial charge in [-0.1, -0.05) is 30.3 Å². The van der Waals surface area contributed by atoms with Crippen molar-refractivity contribution in [3.63, 3.8) is 0 Å². The Morgan fingerprint density at radius 1 is 0.821 bits per heavy atom. The van der Waals surface area contributed by atoms with Gasteiger partial charge in [0.1, 0.15) is 11.7 Å². The second kappa shape index (κ2) is 6.13. The van der Waals surface area contributed by atoms with Crippen molar-refractivity contribution in [2.75, 3.05) is 10.2 Å². The molecule has 0 aliphatic carbocycles. The van der Waals surface area contributed by atoms with Crippen LogP contribution in [0.25, 0.3) is 0 Å². The number of aliphatic imine (C=N–C) groups is 1. The molecule has 0 radical (unpaired) electrons. The normalized spacial score (nSPS) is 17.4. The average Bonchev–Trinajstić information content (AvgIpc) is 2.73. The van der Waals surface area contributed by atoms with Gasteiger partial charge in [-0.3, -0.25) is 14.5 Å². The third-order valence-corrected chi connectivity index (χ3v) is 4.90. The van der Waals surface area contributed by atoms with Crippen molar-refractivity contribution in [2.24, 2.45) is 4.99 Å². The Kier molecular flexibility index (Phi) is 3.58. The topological polar surface area (TPSA) is 61.8 Å². The lowest BCUT2D eigenvalue weighted by atomic mass is 9.93. The quantitative estimate of drug-likeness (QED) is 0.706. The number of hydrogen-bond donors (Lipinski definition) is 1. The molecule has 136 valence electrons. The highest BCUT2D eigenvalue weighted by Crippen LogP contribution is 2.35. The zero-order valence-corrected chi connectivity index (χ0v) is 14.6. The van der Waals surface area contributed by atoms with Gasteiger partial charge in [-0.15, -0.1) is 0 Å². The number of anilines is 2. The van der Waals surface area contributed by atoms with Gasteiger partial charge in [0.2, 0.25) is 5.78 Å². The minimum atomic E-state index is -0.972. The number of rotatable bonds is 1. The lowest BCUT2D eigenvalue weighted by molar-refractivity contribution is 0.0871. The Balaban J connectivity index is 1.65. The number of amides is 1. The first-order valence-corrected chi connectivity index (χ1v) is 8.80. The fourth-order valence-electron chi connectivity index (χ4n) is 3.58. The minimum Gasteiger partial charge on any atom is -0.340 e. The van der Waals surface area contributed by atoms with E-state index in [1.807, 2.05) is 18.2 Å². The highest BCUT2D eigenvalue weighted by atomic mass is 19.1. The van der Waals surface area contributed by atoms with Crippen molar-refractivity contribution in [3.8, 4) is 0 Å². The standard InChI is InChI=1S/C22H14FN3O2/c23-13-9-11-14(12-10-13)24-20-17-7-3-4-8-18(17)26-21(25-20)19(27)15-5-1-2-6-16(15)22(26)28/h1-12,21H,(H,24,25). The van der Waals surface area contributed by atoms with Gasteiger partial charge in [0.05, 0.1) is 11.3 Å². The highest BCUT2D eigenvalue weighted by molar-refractivity contribution is 6.27. The number of halogens is 1. The van der Waals surface area contributed by atoms with E-state index < -0.39 is 6.17 Å². The summed E-state index contributed by atoms with van der Waals surface area (Å²) in [5.41, 5.74) is 2.70. The van der Waals surface area contributed by atoms with Crippen LogP contribution in [0, 0.1) is 5.82 Å². The number of para-hydroxylation sites is 1. The minimum absolute atomic E-state index is 0.233. The molecule has 0 saturated carbocycles. The summed E-state index contributed by atoms with van der Waals surface area (Å²) in [4.78, 5) is 32.2.